The van der Waals surface area contributed by atoms with Crippen LogP contribution in [-0.2, 0) is 0 Å². The average Bonchev–Trinajstić information content (AvgIpc) is 2.45. The Hall–Kier alpha value is -1.45. The van der Waals surface area contributed by atoms with E-state index in [9.17, 15) is 4.79 Å². The van der Waals surface area contributed by atoms with Crippen molar-refractivity contribution in [2.24, 2.45) is 0 Å². The third kappa shape index (κ3) is 3.56. The van der Waals surface area contributed by atoms with E-state index in [1.165, 1.54) is 0 Å². The molecule has 116 valence electrons. The van der Waals surface area contributed by atoms with E-state index in [2.05, 4.69) is 4.98 Å². The molecule has 0 amide bonds. The second kappa shape index (κ2) is 6.58. The first kappa shape index (κ1) is 16.4. The number of hydrogen-bond acceptors (Lipinski definition) is 1. The van der Waals surface area contributed by atoms with Crippen LogP contribution in [0.15, 0.2) is 53.6 Å². The highest BCUT2D eigenvalue weighted by molar-refractivity contribution is 6.35. The molecule has 23 heavy (non-hydrogen) atoms. The van der Waals surface area contributed by atoms with Gasteiger partial charge in [0.2, 0.25) is 0 Å². The van der Waals surface area contributed by atoms with Gasteiger partial charge in [-0.1, -0.05) is 46.4 Å². The van der Waals surface area contributed by atoms with Gasteiger partial charge in [-0.15, -0.1) is 0 Å². The lowest BCUT2D eigenvalue weighted by Gasteiger charge is -2.07. The number of halogens is 4. The molecular weight excluding hydrogens is 376 g/mol. The molecule has 0 fully saturated rings. The smallest absolute Gasteiger partial charge is 0.197 e. The van der Waals surface area contributed by atoms with Gasteiger partial charge in [0.05, 0.1) is 0 Å². The van der Waals surface area contributed by atoms with Crippen molar-refractivity contribution in [1.82, 2.24) is 4.98 Å². The molecule has 1 aromatic heterocycles. The highest BCUT2D eigenvalue weighted by Gasteiger charge is 2.12. The largest absolute Gasteiger partial charge is 0.366 e. The quantitative estimate of drug-likeness (QED) is 0.550. The number of pyridine rings is 1. The maximum absolute atomic E-state index is 12.8. The molecule has 0 aliphatic heterocycles. The lowest BCUT2D eigenvalue weighted by Crippen LogP contribution is -2.08. The van der Waals surface area contributed by atoms with Crippen molar-refractivity contribution in [3.05, 3.63) is 79.1 Å². The van der Waals surface area contributed by atoms with Crippen LogP contribution >= 0.6 is 46.4 Å². The molecular formula is C17H9Cl4NO. The highest BCUT2D eigenvalue weighted by Crippen LogP contribution is 2.28. The van der Waals surface area contributed by atoms with E-state index < -0.39 is 0 Å². The predicted molar refractivity (Wildman–Crippen MR) is 98.0 cm³/mol. The summed E-state index contributed by atoms with van der Waals surface area (Å²) in [7, 11) is 0. The summed E-state index contributed by atoms with van der Waals surface area (Å²) in [6.07, 6.45) is 3.22. The molecule has 0 aliphatic rings. The van der Waals surface area contributed by atoms with Crippen molar-refractivity contribution in [2.75, 3.05) is 0 Å². The zero-order valence-electron chi connectivity index (χ0n) is 11.5. The summed E-state index contributed by atoms with van der Waals surface area (Å²) < 4.78 is 0. The molecule has 3 aromatic rings. The zero-order chi connectivity index (χ0) is 16.6. The van der Waals surface area contributed by atoms with E-state index in [4.69, 9.17) is 46.4 Å². The molecule has 0 spiro atoms. The van der Waals surface area contributed by atoms with Gasteiger partial charge in [0.15, 0.2) is 5.43 Å². The van der Waals surface area contributed by atoms with Crippen molar-refractivity contribution < 1.29 is 0 Å². The predicted octanol–water partition coefficient (Wildman–Crippen LogP) is 6.32. The SMILES string of the molecule is O=c1c(-c2cc(Cl)cc(Cl)c2)c[nH]cc1-c1cc(Cl)cc(Cl)c1. The summed E-state index contributed by atoms with van der Waals surface area (Å²) in [6, 6.07) is 9.97. The van der Waals surface area contributed by atoms with Crippen molar-refractivity contribution >= 4 is 46.4 Å². The van der Waals surface area contributed by atoms with Crippen molar-refractivity contribution in [1.29, 1.82) is 0 Å². The maximum Gasteiger partial charge on any atom is 0.197 e. The van der Waals surface area contributed by atoms with Crippen LogP contribution in [0.5, 0.6) is 0 Å². The molecule has 0 bridgehead atoms. The van der Waals surface area contributed by atoms with Gasteiger partial charge < -0.3 is 4.98 Å². The van der Waals surface area contributed by atoms with E-state index >= 15 is 0 Å². The van der Waals surface area contributed by atoms with E-state index in [-0.39, 0.29) is 5.43 Å². The second-order valence-corrected chi connectivity index (χ2v) is 6.67. The molecule has 1 N–H and O–H groups in total. The van der Waals surface area contributed by atoms with Gasteiger partial charge in [-0.2, -0.15) is 0 Å². The topological polar surface area (TPSA) is 32.9 Å². The first-order valence-electron chi connectivity index (χ1n) is 6.58. The van der Waals surface area contributed by atoms with Crippen molar-refractivity contribution in [3.8, 4) is 22.3 Å². The van der Waals surface area contributed by atoms with Crippen LogP contribution in [0.25, 0.3) is 22.3 Å². The van der Waals surface area contributed by atoms with E-state index in [0.29, 0.717) is 42.3 Å². The van der Waals surface area contributed by atoms with Crippen molar-refractivity contribution in [2.45, 2.75) is 0 Å². The summed E-state index contributed by atoms with van der Waals surface area (Å²) in [5, 5.41) is 1.84. The van der Waals surface area contributed by atoms with Crippen LogP contribution in [-0.4, -0.2) is 4.98 Å². The number of H-pyrrole nitrogens is 1. The first-order chi connectivity index (χ1) is 10.9. The fourth-order valence-electron chi connectivity index (χ4n) is 2.33. The molecule has 2 nitrogen and oxygen atoms in total. The molecule has 2 aromatic carbocycles. The normalized spacial score (nSPS) is 10.8. The molecule has 0 saturated carbocycles. The average molecular weight is 385 g/mol. The Labute approximate surface area is 152 Å². The van der Waals surface area contributed by atoms with E-state index in [1.807, 2.05) is 0 Å². The third-order valence-corrected chi connectivity index (χ3v) is 4.16. The first-order valence-corrected chi connectivity index (χ1v) is 8.09. The Kier molecular flexibility index (Phi) is 4.69. The fraction of sp³-hybridized carbons (Fsp3) is 0. The van der Waals surface area contributed by atoms with Crippen molar-refractivity contribution in [3.63, 3.8) is 0 Å². The maximum atomic E-state index is 12.8. The third-order valence-electron chi connectivity index (χ3n) is 3.29. The molecule has 0 unspecified atom stereocenters. The minimum Gasteiger partial charge on any atom is -0.366 e. The van der Waals surface area contributed by atoms with Gasteiger partial charge in [-0.3, -0.25) is 4.79 Å². The molecule has 6 heteroatoms. The van der Waals surface area contributed by atoms with E-state index in [1.54, 1.807) is 48.8 Å². The zero-order valence-corrected chi connectivity index (χ0v) is 14.6. The molecule has 1 heterocycles. The molecule has 3 rings (SSSR count). The summed E-state index contributed by atoms with van der Waals surface area (Å²) in [5.41, 5.74) is 2.03. The molecule has 0 atom stereocenters. The summed E-state index contributed by atoms with van der Waals surface area (Å²) in [4.78, 5) is 15.8. The minimum absolute atomic E-state index is 0.166. The van der Waals surface area contributed by atoms with Gasteiger partial charge in [0, 0.05) is 43.6 Å². The number of rotatable bonds is 2. The monoisotopic (exact) mass is 383 g/mol. The van der Waals surface area contributed by atoms with Gasteiger partial charge >= 0.3 is 0 Å². The lowest BCUT2D eigenvalue weighted by molar-refractivity contribution is 1.30. The van der Waals surface area contributed by atoms with Crippen LogP contribution < -0.4 is 5.43 Å². The number of benzene rings is 2. The molecule has 0 radical (unpaired) electrons. The van der Waals surface area contributed by atoms with Gasteiger partial charge in [-0.25, -0.2) is 0 Å². The van der Waals surface area contributed by atoms with Crippen LogP contribution in [0, 0.1) is 0 Å². The van der Waals surface area contributed by atoms with Crippen LogP contribution in [0.2, 0.25) is 20.1 Å². The standard InChI is InChI=1S/C17H9Cl4NO/c18-11-1-9(2-12(19)5-11)15-7-22-8-16(17(15)23)10-3-13(20)6-14(21)4-10/h1-8H,(H,22,23). The van der Waals surface area contributed by atoms with Crippen LogP contribution in [0.1, 0.15) is 0 Å². The highest BCUT2D eigenvalue weighted by atomic mass is 35.5. The summed E-state index contributed by atoms with van der Waals surface area (Å²) in [6.45, 7) is 0. The Bertz CT molecular complexity index is 836. The van der Waals surface area contributed by atoms with Crippen LogP contribution in [0.4, 0.5) is 0 Å². The number of hydrogen-bond donors (Lipinski definition) is 1. The second-order valence-electron chi connectivity index (χ2n) is 4.93. The minimum atomic E-state index is -0.166. The Balaban J connectivity index is 2.21. The summed E-state index contributed by atoms with van der Waals surface area (Å²) >= 11 is 24.1. The van der Waals surface area contributed by atoms with E-state index in [0.717, 1.165) is 0 Å². The fourth-order valence-corrected chi connectivity index (χ4v) is 3.38. The van der Waals surface area contributed by atoms with Gasteiger partial charge in [0.25, 0.3) is 0 Å². The number of aromatic nitrogens is 1. The lowest BCUT2D eigenvalue weighted by atomic mass is 10.0. The summed E-state index contributed by atoms with van der Waals surface area (Å²) in [5.74, 6) is 0. The number of nitrogens with one attached hydrogen (secondary N) is 1. The molecule has 0 saturated heterocycles. The number of aromatic amines is 1. The van der Waals surface area contributed by atoms with Gasteiger partial charge in [-0.05, 0) is 47.5 Å². The Morgan fingerprint density at radius 2 is 0.957 bits per heavy atom. The van der Waals surface area contributed by atoms with Crippen LogP contribution in [0.3, 0.4) is 0 Å². The Morgan fingerprint density at radius 3 is 1.30 bits per heavy atom. The molecule has 0 aliphatic carbocycles. The Morgan fingerprint density at radius 1 is 0.609 bits per heavy atom. The van der Waals surface area contributed by atoms with Gasteiger partial charge in [0.1, 0.15) is 0 Å².